The number of anilines is 1. The molecule has 2 aromatic rings. The summed E-state index contributed by atoms with van der Waals surface area (Å²) in [5.74, 6) is 1.07. The van der Waals surface area contributed by atoms with E-state index in [9.17, 15) is 15.0 Å². The number of rotatable bonds is 5. The second kappa shape index (κ2) is 7.13. The molecule has 0 aliphatic carbocycles. The molecule has 1 saturated heterocycles. The van der Waals surface area contributed by atoms with Crippen molar-refractivity contribution in [3.8, 4) is 5.75 Å². The van der Waals surface area contributed by atoms with Gasteiger partial charge in [-0.3, -0.25) is 9.69 Å². The summed E-state index contributed by atoms with van der Waals surface area (Å²) in [4.78, 5) is 14.4. The van der Waals surface area contributed by atoms with Gasteiger partial charge in [0, 0.05) is 56.1 Å². The lowest BCUT2D eigenvalue weighted by Crippen LogP contribution is -2.49. The molecule has 0 saturated carbocycles. The van der Waals surface area contributed by atoms with E-state index in [1.165, 1.54) is 0 Å². The quantitative estimate of drug-likeness (QED) is 0.708. The van der Waals surface area contributed by atoms with Crippen molar-refractivity contribution in [1.82, 2.24) is 9.47 Å². The fraction of sp³-hybridized carbons (Fsp3) is 0.450. The number of phenols is 1. The molecule has 3 atom stereocenters. The van der Waals surface area contributed by atoms with Gasteiger partial charge in [-0.05, 0) is 42.7 Å². The van der Waals surface area contributed by atoms with Crippen molar-refractivity contribution in [2.45, 2.75) is 25.0 Å². The molecule has 4 rings (SSSR count). The smallest absolute Gasteiger partial charge is 0.250 e. The molecule has 2 aliphatic heterocycles. The number of aromatic nitrogens is 1. The van der Waals surface area contributed by atoms with Gasteiger partial charge >= 0.3 is 0 Å². The van der Waals surface area contributed by atoms with E-state index >= 15 is 0 Å². The molecule has 1 fully saturated rings. The zero-order valence-corrected chi connectivity index (χ0v) is 14.7. The number of piperidine rings is 1. The van der Waals surface area contributed by atoms with E-state index < -0.39 is 6.10 Å². The first kappa shape index (κ1) is 17.1. The van der Waals surface area contributed by atoms with Crippen molar-refractivity contribution in [2.75, 3.05) is 31.5 Å². The highest BCUT2D eigenvalue weighted by Crippen LogP contribution is 2.34. The molecular weight excluding hydrogens is 330 g/mol. The van der Waals surface area contributed by atoms with Crippen LogP contribution >= 0.6 is 0 Å². The molecule has 1 aromatic carbocycles. The maximum Gasteiger partial charge on any atom is 0.250 e. The molecule has 0 unspecified atom stereocenters. The summed E-state index contributed by atoms with van der Waals surface area (Å²) in [5, 5.41) is 22.9. The molecule has 2 bridgehead atoms. The number of hydrogen-bond donors (Lipinski definition) is 3. The molecule has 138 valence electrons. The lowest BCUT2D eigenvalue weighted by molar-refractivity contribution is 0.0676. The van der Waals surface area contributed by atoms with Crippen LogP contribution in [-0.2, 0) is 6.54 Å². The van der Waals surface area contributed by atoms with E-state index in [1.54, 1.807) is 30.3 Å². The average molecular weight is 355 g/mol. The second-order valence-electron chi connectivity index (χ2n) is 7.50. The Morgan fingerprint density at radius 2 is 1.92 bits per heavy atom. The highest BCUT2D eigenvalue weighted by Gasteiger charge is 2.34. The van der Waals surface area contributed by atoms with Crippen LogP contribution in [0.3, 0.4) is 0 Å². The van der Waals surface area contributed by atoms with Gasteiger partial charge in [0.1, 0.15) is 5.75 Å². The standard InChI is InChI=1S/C20H25N3O3/c24-17-6-4-16(5-7-17)21-9-18(25)13-22-10-14-8-15(12-22)19-2-1-3-20(26)23(19)11-14/h1-7,14-15,18,21,24-25H,8-13H2/t14-,15-,18+/m1/s1. The van der Waals surface area contributed by atoms with E-state index in [0.717, 1.165) is 37.4 Å². The summed E-state index contributed by atoms with van der Waals surface area (Å²) < 4.78 is 1.93. The normalized spacial score (nSPS) is 23.3. The van der Waals surface area contributed by atoms with E-state index in [4.69, 9.17) is 0 Å². The molecule has 3 N–H and O–H groups in total. The number of phenolic OH excluding ortho intramolecular Hbond substituents is 1. The van der Waals surface area contributed by atoms with Gasteiger partial charge < -0.3 is 20.1 Å². The molecule has 6 nitrogen and oxygen atoms in total. The van der Waals surface area contributed by atoms with Gasteiger partial charge in [0.2, 0.25) is 0 Å². The Bertz CT molecular complexity index is 818. The number of aromatic hydroxyl groups is 1. The summed E-state index contributed by atoms with van der Waals surface area (Å²) in [6.07, 6.45) is 0.655. The first-order chi connectivity index (χ1) is 12.6. The molecule has 3 heterocycles. The van der Waals surface area contributed by atoms with Gasteiger partial charge in [0.15, 0.2) is 0 Å². The Balaban J connectivity index is 1.35. The molecule has 0 amide bonds. The molecule has 26 heavy (non-hydrogen) atoms. The van der Waals surface area contributed by atoms with Crippen molar-refractivity contribution < 1.29 is 10.2 Å². The van der Waals surface area contributed by atoms with Crippen LogP contribution in [0.25, 0.3) is 0 Å². The summed E-state index contributed by atoms with van der Waals surface area (Å²) in [7, 11) is 0. The van der Waals surface area contributed by atoms with Crippen LogP contribution in [0.15, 0.2) is 47.3 Å². The molecular formula is C20H25N3O3. The Kier molecular flexibility index (Phi) is 4.70. The number of nitrogens with zero attached hydrogens (tertiary/aromatic N) is 2. The summed E-state index contributed by atoms with van der Waals surface area (Å²) >= 11 is 0. The molecule has 0 radical (unpaired) electrons. The van der Waals surface area contributed by atoms with E-state index in [0.29, 0.717) is 24.9 Å². The number of likely N-dealkylation sites (tertiary alicyclic amines) is 1. The van der Waals surface area contributed by atoms with E-state index in [1.807, 2.05) is 10.6 Å². The van der Waals surface area contributed by atoms with Gasteiger partial charge in [0.25, 0.3) is 5.56 Å². The third kappa shape index (κ3) is 3.61. The Morgan fingerprint density at radius 3 is 2.73 bits per heavy atom. The molecule has 1 aromatic heterocycles. The minimum Gasteiger partial charge on any atom is -0.508 e. The number of aliphatic hydroxyl groups is 1. The number of benzene rings is 1. The van der Waals surface area contributed by atoms with Crippen molar-refractivity contribution in [3.05, 3.63) is 58.5 Å². The third-order valence-corrected chi connectivity index (χ3v) is 5.43. The van der Waals surface area contributed by atoms with Crippen LogP contribution in [0, 0.1) is 5.92 Å². The van der Waals surface area contributed by atoms with Crippen LogP contribution in [0.4, 0.5) is 5.69 Å². The topological polar surface area (TPSA) is 77.7 Å². The third-order valence-electron chi connectivity index (χ3n) is 5.43. The van der Waals surface area contributed by atoms with Crippen molar-refractivity contribution in [1.29, 1.82) is 0 Å². The van der Waals surface area contributed by atoms with Gasteiger partial charge in [0.05, 0.1) is 6.10 Å². The van der Waals surface area contributed by atoms with E-state index in [-0.39, 0.29) is 11.3 Å². The number of pyridine rings is 1. The van der Waals surface area contributed by atoms with Crippen LogP contribution < -0.4 is 10.9 Å². The highest BCUT2D eigenvalue weighted by atomic mass is 16.3. The van der Waals surface area contributed by atoms with Crippen LogP contribution in [0.5, 0.6) is 5.75 Å². The zero-order valence-electron chi connectivity index (χ0n) is 14.7. The fourth-order valence-electron chi connectivity index (χ4n) is 4.32. The van der Waals surface area contributed by atoms with Gasteiger partial charge in [-0.1, -0.05) is 6.07 Å². The molecule has 2 aliphatic rings. The summed E-state index contributed by atoms with van der Waals surface area (Å²) in [6, 6.07) is 12.4. The maximum atomic E-state index is 12.1. The lowest BCUT2D eigenvalue weighted by Gasteiger charge is -2.43. The average Bonchev–Trinajstić information content (AvgIpc) is 2.62. The van der Waals surface area contributed by atoms with Crippen molar-refractivity contribution in [2.24, 2.45) is 5.92 Å². The van der Waals surface area contributed by atoms with Gasteiger partial charge in [-0.2, -0.15) is 0 Å². The largest absolute Gasteiger partial charge is 0.508 e. The Morgan fingerprint density at radius 1 is 1.12 bits per heavy atom. The Hall–Kier alpha value is -2.31. The summed E-state index contributed by atoms with van der Waals surface area (Å²) in [5.41, 5.74) is 2.12. The minimum absolute atomic E-state index is 0.101. The monoisotopic (exact) mass is 355 g/mol. The first-order valence-corrected chi connectivity index (χ1v) is 9.21. The van der Waals surface area contributed by atoms with Crippen LogP contribution in [0.2, 0.25) is 0 Å². The molecule has 0 spiro atoms. The van der Waals surface area contributed by atoms with Gasteiger partial charge in [-0.25, -0.2) is 0 Å². The zero-order chi connectivity index (χ0) is 18.1. The van der Waals surface area contributed by atoms with Crippen molar-refractivity contribution in [3.63, 3.8) is 0 Å². The minimum atomic E-state index is -0.472. The predicted octanol–water partition coefficient (Wildman–Crippen LogP) is 1.45. The molecule has 6 heteroatoms. The number of hydrogen-bond acceptors (Lipinski definition) is 5. The predicted molar refractivity (Wildman–Crippen MR) is 101 cm³/mol. The van der Waals surface area contributed by atoms with Gasteiger partial charge in [-0.15, -0.1) is 0 Å². The number of β-amino-alcohol motifs (C(OH)–C–C–N with tert-alkyl or cyclic N) is 1. The number of nitrogens with one attached hydrogen (secondary N) is 1. The first-order valence-electron chi connectivity index (χ1n) is 9.21. The van der Waals surface area contributed by atoms with Crippen molar-refractivity contribution >= 4 is 5.69 Å². The number of aliphatic hydroxyl groups excluding tert-OH is 1. The summed E-state index contributed by atoms with van der Waals surface area (Å²) in [6.45, 7) is 3.68. The SMILES string of the molecule is O=c1cccc2n1C[C@@H]1C[C@@H]2CN(C[C@@H](O)CNc2ccc(O)cc2)C1. The van der Waals surface area contributed by atoms with Crippen LogP contribution in [-0.4, -0.2) is 52.0 Å². The Labute approximate surface area is 152 Å². The highest BCUT2D eigenvalue weighted by molar-refractivity contribution is 5.45. The van der Waals surface area contributed by atoms with Crippen LogP contribution in [0.1, 0.15) is 18.0 Å². The lowest BCUT2D eigenvalue weighted by atomic mass is 9.83. The van der Waals surface area contributed by atoms with E-state index in [2.05, 4.69) is 16.3 Å². The maximum absolute atomic E-state index is 12.1. The number of fused-ring (bicyclic) bond motifs is 4. The second-order valence-corrected chi connectivity index (χ2v) is 7.50. The fourth-order valence-corrected chi connectivity index (χ4v) is 4.32.